The number of rotatable bonds is 4. The van der Waals surface area contributed by atoms with E-state index < -0.39 is 0 Å². The number of anilines is 1. The summed E-state index contributed by atoms with van der Waals surface area (Å²) in [5, 5.41) is 13.3. The maximum absolute atomic E-state index is 9.87. The lowest BCUT2D eigenvalue weighted by Gasteiger charge is -2.15. The molecule has 0 spiro atoms. The third-order valence-electron chi connectivity index (χ3n) is 3.43. The van der Waals surface area contributed by atoms with Crippen LogP contribution in [0.2, 0.25) is 0 Å². The van der Waals surface area contributed by atoms with E-state index in [0.29, 0.717) is 12.3 Å². The summed E-state index contributed by atoms with van der Waals surface area (Å²) in [6, 6.07) is 12.0. The number of phenolic OH excluding ortho intramolecular Hbond substituents is 1. The first-order valence-electron chi connectivity index (χ1n) is 6.72. The van der Waals surface area contributed by atoms with Gasteiger partial charge in [-0.15, -0.1) is 0 Å². The van der Waals surface area contributed by atoms with Crippen molar-refractivity contribution in [2.24, 2.45) is 0 Å². The molecular formula is C17H21NO. The van der Waals surface area contributed by atoms with Gasteiger partial charge in [-0.3, -0.25) is 0 Å². The fourth-order valence-electron chi connectivity index (χ4n) is 2.32. The smallest absolute Gasteiger partial charge is 0.120 e. The molecule has 2 N–H and O–H groups in total. The van der Waals surface area contributed by atoms with Crippen molar-refractivity contribution < 1.29 is 5.11 Å². The minimum atomic E-state index is 0.352. The van der Waals surface area contributed by atoms with Crippen LogP contribution < -0.4 is 5.32 Å². The lowest BCUT2D eigenvalue weighted by atomic mass is 10.0. The van der Waals surface area contributed by atoms with E-state index in [-0.39, 0.29) is 0 Å². The Kier molecular flexibility index (Phi) is 4.10. The van der Waals surface area contributed by atoms with Crippen LogP contribution in [-0.4, -0.2) is 5.11 Å². The zero-order valence-electron chi connectivity index (χ0n) is 11.8. The van der Waals surface area contributed by atoms with Crippen LogP contribution in [0.1, 0.15) is 29.2 Å². The van der Waals surface area contributed by atoms with Crippen LogP contribution in [0.25, 0.3) is 0 Å². The molecule has 2 aromatic rings. The molecule has 0 amide bonds. The Morgan fingerprint density at radius 1 is 1.05 bits per heavy atom. The highest BCUT2D eigenvalue weighted by Crippen LogP contribution is 2.24. The molecule has 0 bridgehead atoms. The van der Waals surface area contributed by atoms with Gasteiger partial charge in [-0.05, 0) is 37.5 Å². The van der Waals surface area contributed by atoms with Crippen molar-refractivity contribution in [3.63, 3.8) is 0 Å². The van der Waals surface area contributed by atoms with Gasteiger partial charge in [-0.2, -0.15) is 0 Å². The average molecular weight is 255 g/mol. The molecule has 0 fully saturated rings. The van der Waals surface area contributed by atoms with Crippen LogP contribution in [0.5, 0.6) is 5.75 Å². The number of benzene rings is 2. The van der Waals surface area contributed by atoms with Crippen molar-refractivity contribution in [3.05, 3.63) is 58.7 Å². The van der Waals surface area contributed by atoms with E-state index in [2.05, 4.69) is 37.4 Å². The molecule has 2 aromatic carbocycles. The Bertz CT molecular complexity index is 575. The molecule has 0 saturated carbocycles. The molecule has 0 aliphatic heterocycles. The van der Waals surface area contributed by atoms with Crippen molar-refractivity contribution in [1.82, 2.24) is 0 Å². The molecule has 0 heterocycles. The van der Waals surface area contributed by atoms with Crippen LogP contribution in [0.4, 0.5) is 5.69 Å². The topological polar surface area (TPSA) is 32.3 Å². The third-order valence-corrected chi connectivity index (χ3v) is 3.43. The fourth-order valence-corrected chi connectivity index (χ4v) is 2.32. The van der Waals surface area contributed by atoms with Crippen molar-refractivity contribution in [3.8, 4) is 5.75 Å². The van der Waals surface area contributed by atoms with E-state index >= 15 is 0 Å². The predicted molar refractivity (Wildman–Crippen MR) is 80.7 cm³/mol. The molecule has 0 radical (unpaired) electrons. The first kappa shape index (κ1) is 13.5. The Labute approximate surface area is 115 Å². The van der Waals surface area contributed by atoms with Crippen molar-refractivity contribution >= 4 is 5.69 Å². The SMILES string of the molecule is CCc1cccc(C)c1NCc1cc(C)ccc1O. The van der Waals surface area contributed by atoms with Gasteiger partial charge in [-0.1, -0.05) is 42.8 Å². The number of para-hydroxylation sites is 1. The molecule has 0 aliphatic carbocycles. The highest BCUT2D eigenvalue weighted by atomic mass is 16.3. The minimum Gasteiger partial charge on any atom is -0.508 e. The summed E-state index contributed by atoms with van der Waals surface area (Å²) in [4.78, 5) is 0. The third kappa shape index (κ3) is 3.08. The predicted octanol–water partition coefficient (Wildman–Crippen LogP) is 4.18. The number of hydrogen-bond donors (Lipinski definition) is 2. The summed E-state index contributed by atoms with van der Waals surface area (Å²) in [7, 11) is 0. The molecule has 2 rings (SSSR count). The molecule has 100 valence electrons. The number of aryl methyl sites for hydroxylation is 3. The van der Waals surface area contributed by atoms with Crippen LogP contribution >= 0.6 is 0 Å². The molecule has 0 aliphatic rings. The van der Waals surface area contributed by atoms with E-state index in [1.807, 2.05) is 19.1 Å². The zero-order chi connectivity index (χ0) is 13.8. The number of hydrogen-bond acceptors (Lipinski definition) is 2. The van der Waals surface area contributed by atoms with E-state index in [1.165, 1.54) is 16.8 Å². The summed E-state index contributed by atoms with van der Waals surface area (Å²) >= 11 is 0. The van der Waals surface area contributed by atoms with Crippen LogP contribution in [0.3, 0.4) is 0 Å². The fraction of sp³-hybridized carbons (Fsp3) is 0.294. The maximum Gasteiger partial charge on any atom is 0.120 e. The van der Waals surface area contributed by atoms with Gasteiger partial charge in [0.1, 0.15) is 5.75 Å². The summed E-state index contributed by atoms with van der Waals surface area (Å²) in [6.45, 7) is 6.95. The highest BCUT2D eigenvalue weighted by Gasteiger charge is 2.06. The summed E-state index contributed by atoms with van der Waals surface area (Å²) in [6.07, 6.45) is 1.00. The van der Waals surface area contributed by atoms with Crippen LogP contribution in [0, 0.1) is 13.8 Å². The number of aromatic hydroxyl groups is 1. The molecular weight excluding hydrogens is 234 g/mol. The van der Waals surface area contributed by atoms with Crippen molar-refractivity contribution in [2.45, 2.75) is 33.7 Å². The van der Waals surface area contributed by atoms with Gasteiger partial charge in [-0.25, -0.2) is 0 Å². The van der Waals surface area contributed by atoms with E-state index in [4.69, 9.17) is 0 Å². The highest BCUT2D eigenvalue weighted by molar-refractivity contribution is 5.57. The lowest BCUT2D eigenvalue weighted by Crippen LogP contribution is -2.04. The lowest BCUT2D eigenvalue weighted by molar-refractivity contribution is 0.469. The van der Waals surface area contributed by atoms with Crippen LogP contribution in [-0.2, 0) is 13.0 Å². The quantitative estimate of drug-likeness (QED) is 0.858. The summed E-state index contributed by atoms with van der Waals surface area (Å²) < 4.78 is 0. The second-order valence-electron chi connectivity index (χ2n) is 4.95. The average Bonchev–Trinajstić information content (AvgIpc) is 2.40. The standard InChI is InChI=1S/C17H21NO/c1-4-14-7-5-6-13(3)17(14)18-11-15-10-12(2)8-9-16(15)19/h5-10,18-19H,4,11H2,1-3H3. The largest absolute Gasteiger partial charge is 0.508 e. The van der Waals surface area contributed by atoms with Gasteiger partial charge in [0.2, 0.25) is 0 Å². The molecule has 0 saturated heterocycles. The Morgan fingerprint density at radius 2 is 1.84 bits per heavy atom. The van der Waals surface area contributed by atoms with Crippen molar-refractivity contribution in [1.29, 1.82) is 0 Å². The second-order valence-corrected chi connectivity index (χ2v) is 4.95. The Hall–Kier alpha value is -1.96. The Morgan fingerprint density at radius 3 is 2.58 bits per heavy atom. The monoisotopic (exact) mass is 255 g/mol. The van der Waals surface area contributed by atoms with Crippen molar-refractivity contribution in [2.75, 3.05) is 5.32 Å². The first-order valence-corrected chi connectivity index (χ1v) is 6.72. The minimum absolute atomic E-state index is 0.352. The second kappa shape index (κ2) is 5.79. The molecule has 0 atom stereocenters. The molecule has 2 nitrogen and oxygen atoms in total. The number of nitrogens with one attached hydrogen (secondary N) is 1. The number of phenols is 1. The van der Waals surface area contributed by atoms with E-state index in [9.17, 15) is 5.11 Å². The van der Waals surface area contributed by atoms with E-state index in [0.717, 1.165) is 17.5 Å². The molecule has 0 unspecified atom stereocenters. The summed E-state index contributed by atoms with van der Waals surface area (Å²) in [5.41, 5.74) is 5.84. The van der Waals surface area contributed by atoms with Gasteiger partial charge < -0.3 is 10.4 Å². The molecule has 19 heavy (non-hydrogen) atoms. The van der Waals surface area contributed by atoms with E-state index in [1.54, 1.807) is 6.07 Å². The first-order chi connectivity index (χ1) is 9.11. The molecule has 0 aromatic heterocycles. The normalized spacial score (nSPS) is 10.5. The van der Waals surface area contributed by atoms with Gasteiger partial charge in [0.25, 0.3) is 0 Å². The van der Waals surface area contributed by atoms with Crippen LogP contribution in [0.15, 0.2) is 36.4 Å². The van der Waals surface area contributed by atoms with Gasteiger partial charge in [0.15, 0.2) is 0 Å². The molecule has 2 heteroatoms. The maximum atomic E-state index is 9.87. The summed E-state index contributed by atoms with van der Waals surface area (Å²) in [5.74, 6) is 0.352. The van der Waals surface area contributed by atoms with Gasteiger partial charge in [0.05, 0.1) is 0 Å². The van der Waals surface area contributed by atoms with Gasteiger partial charge in [0, 0.05) is 17.8 Å². The Balaban J connectivity index is 2.21. The zero-order valence-corrected chi connectivity index (χ0v) is 11.8. The van der Waals surface area contributed by atoms with Gasteiger partial charge >= 0.3 is 0 Å².